The third kappa shape index (κ3) is 7.51. The fourth-order valence-corrected chi connectivity index (χ4v) is 6.16. The van der Waals surface area contributed by atoms with Crippen LogP contribution in [0.25, 0.3) is 0 Å². The maximum absolute atomic E-state index is 13.1. The molecule has 1 amide bonds. The first kappa shape index (κ1) is 33.9. The number of nitrogens with one attached hydrogen (secondary N) is 1. The number of terminal acetylenes is 1. The van der Waals surface area contributed by atoms with Crippen molar-refractivity contribution < 1.29 is 49.1 Å². The molecule has 1 aliphatic carbocycles. The fraction of sp³-hybridized carbons (Fsp3) is 0.444. The van der Waals surface area contributed by atoms with Crippen LogP contribution >= 0.6 is 0 Å². The van der Waals surface area contributed by atoms with Crippen LogP contribution < -0.4 is 9.62 Å². The molecule has 1 heterocycles. The predicted octanol–water partition coefficient (Wildman–Crippen LogP) is 5.59. The average molecular weight is 611 g/mol. The molecule has 2 aliphatic rings. The Morgan fingerprint density at radius 2 is 1.49 bits per heavy atom. The summed E-state index contributed by atoms with van der Waals surface area (Å²) < 4.78 is 118. The van der Waals surface area contributed by atoms with Crippen LogP contribution in [0.4, 0.5) is 36.4 Å². The number of carbonyl (C=O) groups is 1. The Balaban J connectivity index is 0.000000450. The molecule has 2 N–H and O–H groups in total. The van der Waals surface area contributed by atoms with Gasteiger partial charge in [-0.3, -0.25) is 9.10 Å². The highest BCUT2D eigenvalue weighted by molar-refractivity contribution is 7.92. The van der Waals surface area contributed by atoms with Crippen molar-refractivity contribution in [3.05, 3.63) is 59.4 Å². The number of nitrogens with zero attached hydrogens (tertiary/aromatic N) is 1. The number of hydrogen-bond acceptors (Lipinski definition) is 4. The van der Waals surface area contributed by atoms with Crippen molar-refractivity contribution in [1.82, 2.24) is 5.32 Å². The standard InChI is InChI=1S/C18H14F7NO3S.C7H13NO.C2H2/c19-13-4-6-14(7-5-13)30(28,29)26-9-1-2-11-10-12(3-8-15(11)26)16(27,17(20,21)22)18(23,24)25;1-6(9)8-7-4-2-3-5-7;1-2/h3-8,10,27H,1-2,9H2;7H,2-5H2,1H3,(H,8,9);1-2H. The number of sulfonamides is 1. The SMILES string of the molecule is C#C.CC(=O)NC1CCCC1.O=S(=O)(c1ccc(F)cc1)N1CCCc2cc(C(O)(C(F)(F)F)C(F)(F)F)ccc21. The van der Waals surface area contributed by atoms with Gasteiger partial charge in [0.1, 0.15) is 5.82 Å². The first-order chi connectivity index (χ1) is 19.0. The molecule has 2 aromatic rings. The van der Waals surface area contributed by atoms with Crippen molar-refractivity contribution in [1.29, 1.82) is 0 Å². The van der Waals surface area contributed by atoms with Gasteiger partial charge in [0.05, 0.1) is 10.6 Å². The van der Waals surface area contributed by atoms with Crippen molar-refractivity contribution in [2.75, 3.05) is 10.8 Å². The topological polar surface area (TPSA) is 86.7 Å². The molecule has 0 bridgehead atoms. The highest BCUT2D eigenvalue weighted by atomic mass is 32.2. The second-order valence-electron chi connectivity index (χ2n) is 9.37. The number of aryl methyl sites for hydroxylation is 1. The lowest BCUT2D eigenvalue weighted by Crippen LogP contribution is -2.54. The second kappa shape index (κ2) is 13.1. The van der Waals surface area contributed by atoms with Gasteiger partial charge in [0.25, 0.3) is 15.6 Å². The number of amides is 1. The van der Waals surface area contributed by atoms with Gasteiger partial charge in [0.2, 0.25) is 5.91 Å². The van der Waals surface area contributed by atoms with Crippen LogP contribution in [0, 0.1) is 18.7 Å². The van der Waals surface area contributed by atoms with E-state index < -0.39 is 39.4 Å². The minimum absolute atomic E-state index is 0.00437. The van der Waals surface area contributed by atoms with E-state index in [0.29, 0.717) is 18.2 Å². The Kier molecular flexibility index (Phi) is 10.8. The summed E-state index contributed by atoms with van der Waals surface area (Å²) in [5.74, 6) is -0.571. The van der Waals surface area contributed by atoms with E-state index in [1.165, 1.54) is 25.7 Å². The average Bonchev–Trinajstić information content (AvgIpc) is 3.40. The zero-order valence-corrected chi connectivity index (χ0v) is 22.7. The molecular formula is C27H29F7N2O4S. The molecule has 2 aromatic carbocycles. The minimum atomic E-state index is -6.05. The smallest absolute Gasteiger partial charge is 0.369 e. The molecule has 1 aliphatic heterocycles. The molecule has 0 spiro atoms. The van der Waals surface area contributed by atoms with E-state index in [1.54, 1.807) is 6.92 Å². The Hall–Kier alpha value is -3.31. The molecule has 41 heavy (non-hydrogen) atoms. The van der Waals surface area contributed by atoms with E-state index in [-0.39, 0.29) is 41.4 Å². The second-order valence-corrected chi connectivity index (χ2v) is 11.2. The van der Waals surface area contributed by atoms with E-state index in [2.05, 4.69) is 18.2 Å². The summed E-state index contributed by atoms with van der Waals surface area (Å²) in [6, 6.07) is 6.02. The summed E-state index contributed by atoms with van der Waals surface area (Å²) in [6.07, 6.45) is 0.953. The largest absolute Gasteiger partial charge is 0.430 e. The molecule has 226 valence electrons. The van der Waals surface area contributed by atoms with Gasteiger partial charge >= 0.3 is 12.4 Å². The Morgan fingerprint density at radius 1 is 0.951 bits per heavy atom. The lowest BCUT2D eigenvalue weighted by atomic mass is 9.89. The number of aliphatic hydroxyl groups is 1. The van der Waals surface area contributed by atoms with Crippen molar-refractivity contribution in [3.63, 3.8) is 0 Å². The lowest BCUT2D eigenvalue weighted by Gasteiger charge is -2.35. The third-order valence-corrected chi connectivity index (χ3v) is 8.39. The number of fused-ring (bicyclic) bond motifs is 1. The number of alkyl halides is 6. The van der Waals surface area contributed by atoms with E-state index in [1.807, 2.05) is 0 Å². The van der Waals surface area contributed by atoms with Gasteiger partial charge in [0, 0.05) is 25.1 Å². The molecule has 6 nitrogen and oxygen atoms in total. The molecule has 1 saturated carbocycles. The lowest BCUT2D eigenvalue weighted by molar-refractivity contribution is -0.376. The molecule has 4 rings (SSSR count). The van der Waals surface area contributed by atoms with Crippen molar-refractivity contribution in [3.8, 4) is 12.8 Å². The number of carbonyl (C=O) groups excluding carboxylic acids is 1. The van der Waals surface area contributed by atoms with Gasteiger partial charge in [-0.15, -0.1) is 12.8 Å². The summed E-state index contributed by atoms with van der Waals surface area (Å²) in [7, 11) is -4.24. The number of anilines is 1. The quantitative estimate of drug-likeness (QED) is 0.349. The van der Waals surface area contributed by atoms with Gasteiger partial charge in [-0.2, -0.15) is 26.3 Å². The van der Waals surface area contributed by atoms with Crippen LogP contribution in [-0.2, 0) is 26.8 Å². The molecule has 0 aromatic heterocycles. The van der Waals surface area contributed by atoms with Crippen molar-refractivity contribution in [2.45, 2.75) is 74.3 Å². The van der Waals surface area contributed by atoms with Crippen LogP contribution in [0.5, 0.6) is 0 Å². The molecular weight excluding hydrogens is 581 g/mol. The van der Waals surface area contributed by atoms with Crippen molar-refractivity contribution in [2.24, 2.45) is 0 Å². The molecule has 0 radical (unpaired) electrons. The van der Waals surface area contributed by atoms with Gasteiger partial charge in [0.15, 0.2) is 0 Å². The monoisotopic (exact) mass is 610 g/mol. The van der Waals surface area contributed by atoms with E-state index in [9.17, 15) is 49.1 Å². The zero-order chi connectivity index (χ0) is 31.2. The number of rotatable bonds is 4. The van der Waals surface area contributed by atoms with Crippen LogP contribution in [-0.4, -0.2) is 44.4 Å². The maximum atomic E-state index is 13.1. The highest BCUT2D eigenvalue weighted by Crippen LogP contribution is 2.51. The van der Waals surface area contributed by atoms with Gasteiger partial charge in [-0.05, 0) is 61.6 Å². The molecule has 14 heteroatoms. The molecule has 1 fully saturated rings. The van der Waals surface area contributed by atoms with Crippen molar-refractivity contribution >= 4 is 21.6 Å². The first-order valence-corrected chi connectivity index (χ1v) is 13.8. The fourth-order valence-electron chi connectivity index (χ4n) is 4.62. The van der Waals surface area contributed by atoms with E-state index >= 15 is 0 Å². The molecule has 0 saturated heterocycles. The normalized spacial score (nSPS) is 16.0. The summed E-state index contributed by atoms with van der Waals surface area (Å²) in [6.45, 7) is 1.51. The molecule has 0 unspecified atom stereocenters. The van der Waals surface area contributed by atoms with Crippen LogP contribution in [0.3, 0.4) is 0 Å². The van der Waals surface area contributed by atoms with Gasteiger partial charge < -0.3 is 10.4 Å². The van der Waals surface area contributed by atoms with Gasteiger partial charge in [-0.25, -0.2) is 12.8 Å². The number of hydrogen-bond donors (Lipinski definition) is 2. The van der Waals surface area contributed by atoms with Crippen LogP contribution in [0.2, 0.25) is 0 Å². The Labute approximate surface area is 233 Å². The van der Waals surface area contributed by atoms with Gasteiger partial charge in [-0.1, -0.05) is 25.0 Å². The number of halogens is 7. The Morgan fingerprint density at radius 3 is 1.98 bits per heavy atom. The summed E-state index contributed by atoms with van der Waals surface area (Å²) in [5.41, 5.74) is -6.77. The first-order valence-electron chi connectivity index (χ1n) is 12.4. The highest BCUT2D eigenvalue weighted by Gasteiger charge is 2.71. The summed E-state index contributed by atoms with van der Waals surface area (Å²) in [5, 5.41) is 12.5. The number of benzene rings is 2. The van der Waals surface area contributed by atoms with E-state index in [4.69, 9.17) is 0 Å². The third-order valence-electron chi connectivity index (χ3n) is 6.56. The van der Waals surface area contributed by atoms with E-state index in [0.717, 1.165) is 34.6 Å². The summed E-state index contributed by atoms with van der Waals surface area (Å²) >= 11 is 0. The maximum Gasteiger partial charge on any atom is 0.430 e. The summed E-state index contributed by atoms with van der Waals surface area (Å²) in [4.78, 5) is 10.2. The van der Waals surface area contributed by atoms with Crippen LogP contribution in [0.15, 0.2) is 47.4 Å². The molecule has 0 atom stereocenters. The minimum Gasteiger partial charge on any atom is -0.369 e. The Bertz CT molecular complexity index is 1300. The van der Waals surface area contributed by atoms with Crippen LogP contribution in [0.1, 0.15) is 50.2 Å². The predicted molar refractivity (Wildman–Crippen MR) is 138 cm³/mol. The zero-order valence-electron chi connectivity index (χ0n) is 21.9.